The third kappa shape index (κ3) is 4.39. The summed E-state index contributed by atoms with van der Waals surface area (Å²) in [6.07, 6.45) is -0.00390. The lowest BCUT2D eigenvalue weighted by molar-refractivity contribution is -0.385. The largest absolute Gasteiger partial charge is 0.419 e. The number of esters is 1. The maximum absolute atomic E-state index is 12.0. The Morgan fingerprint density at radius 3 is 2.50 bits per heavy atom. The highest BCUT2D eigenvalue weighted by molar-refractivity contribution is 5.95. The second-order valence-corrected chi connectivity index (χ2v) is 4.94. The first-order valence-corrected chi connectivity index (χ1v) is 7.32. The first kappa shape index (κ1) is 17.1. The highest BCUT2D eigenvalue weighted by Crippen LogP contribution is 2.28. The van der Waals surface area contributed by atoms with Crippen molar-refractivity contribution in [3.63, 3.8) is 0 Å². The van der Waals surface area contributed by atoms with Gasteiger partial charge in [-0.15, -0.1) is 0 Å². The molecule has 0 heterocycles. The van der Waals surface area contributed by atoms with Crippen LogP contribution in [0.5, 0.6) is 5.75 Å². The standard InChI is InChI=1S/C17H16N2O5/c1-2-18-17(21)13-8-9-15(14(11-13)19(22)23)24-16(20)10-12-6-4-3-5-7-12/h3-9,11H,2,10H2,1H3,(H,18,21). The topological polar surface area (TPSA) is 98.5 Å². The Kier molecular flexibility index (Phi) is 5.62. The first-order chi connectivity index (χ1) is 11.5. The van der Waals surface area contributed by atoms with E-state index in [0.717, 1.165) is 11.6 Å². The van der Waals surface area contributed by atoms with E-state index in [1.165, 1.54) is 12.1 Å². The van der Waals surface area contributed by atoms with Gasteiger partial charge in [-0.05, 0) is 24.6 Å². The number of rotatable bonds is 6. The molecular formula is C17H16N2O5. The number of nitro benzene ring substituents is 1. The van der Waals surface area contributed by atoms with Crippen molar-refractivity contribution in [1.82, 2.24) is 5.32 Å². The molecule has 2 rings (SSSR count). The van der Waals surface area contributed by atoms with Crippen molar-refractivity contribution in [3.8, 4) is 5.75 Å². The summed E-state index contributed by atoms with van der Waals surface area (Å²) in [4.78, 5) is 34.2. The van der Waals surface area contributed by atoms with Crippen LogP contribution in [0.15, 0.2) is 48.5 Å². The van der Waals surface area contributed by atoms with E-state index < -0.39 is 22.5 Å². The van der Waals surface area contributed by atoms with Gasteiger partial charge in [0.15, 0.2) is 0 Å². The van der Waals surface area contributed by atoms with Crippen LogP contribution < -0.4 is 10.1 Å². The molecular weight excluding hydrogens is 312 g/mol. The lowest BCUT2D eigenvalue weighted by Crippen LogP contribution is -2.22. The highest BCUT2D eigenvalue weighted by atomic mass is 16.6. The van der Waals surface area contributed by atoms with Crippen LogP contribution in [0.2, 0.25) is 0 Å². The fraction of sp³-hybridized carbons (Fsp3) is 0.176. The van der Waals surface area contributed by atoms with Gasteiger partial charge in [-0.1, -0.05) is 30.3 Å². The molecule has 0 aromatic heterocycles. The molecule has 0 spiro atoms. The van der Waals surface area contributed by atoms with Crippen molar-refractivity contribution < 1.29 is 19.2 Å². The molecule has 1 amide bonds. The molecule has 0 aliphatic carbocycles. The van der Waals surface area contributed by atoms with Gasteiger partial charge in [0.25, 0.3) is 5.91 Å². The smallest absolute Gasteiger partial charge is 0.315 e. The first-order valence-electron chi connectivity index (χ1n) is 7.32. The van der Waals surface area contributed by atoms with Crippen molar-refractivity contribution in [1.29, 1.82) is 0 Å². The van der Waals surface area contributed by atoms with Crippen LogP contribution in [0.3, 0.4) is 0 Å². The normalized spacial score (nSPS) is 10.0. The van der Waals surface area contributed by atoms with Crippen LogP contribution in [0, 0.1) is 10.1 Å². The summed E-state index contributed by atoms with van der Waals surface area (Å²) in [5.41, 5.74) is 0.440. The van der Waals surface area contributed by atoms with E-state index in [2.05, 4.69) is 5.32 Å². The third-order valence-corrected chi connectivity index (χ3v) is 3.17. The van der Waals surface area contributed by atoms with Crippen LogP contribution in [-0.2, 0) is 11.2 Å². The van der Waals surface area contributed by atoms with Gasteiger partial charge in [0.05, 0.1) is 11.3 Å². The number of nitro groups is 1. The number of amides is 1. The van der Waals surface area contributed by atoms with Crippen molar-refractivity contribution >= 4 is 17.6 Å². The van der Waals surface area contributed by atoms with Gasteiger partial charge < -0.3 is 10.1 Å². The zero-order valence-electron chi connectivity index (χ0n) is 13.0. The molecule has 0 fully saturated rings. The Morgan fingerprint density at radius 1 is 1.17 bits per heavy atom. The van der Waals surface area contributed by atoms with E-state index in [9.17, 15) is 19.7 Å². The Hall–Kier alpha value is -3.22. The van der Waals surface area contributed by atoms with Crippen LogP contribution in [0.1, 0.15) is 22.8 Å². The Bertz CT molecular complexity index is 759. The highest BCUT2D eigenvalue weighted by Gasteiger charge is 2.21. The molecule has 0 saturated carbocycles. The number of hydrogen-bond donors (Lipinski definition) is 1. The molecule has 0 aliphatic heterocycles. The lowest BCUT2D eigenvalue weighted by Gasteiger charge is -2.07. The number of nitrogens with one attached hydrogen (secondary N) is 1. The quantitative estimate of drug-likeness (QED) is 0.380. The summed E-state index contributed by atoms with van der Waals surface area (Å²) in [7, 11) is 0. The molecule has 0 saturated heterocycles. The summed E-state index contributed by atoms with van der Waals surface area (Å²) in [5.74, 6) is -1.23. The van der Waals surface area contributed by atoms with E-state index in [-0.39, 0.29) is 17.7 Å². The van der Waals surface area contributed by atoms with E-state index in [0.29, 0.717) is 6.54 Å². The van der Waals surface area contributed by atoms with Crippen molar-refractivity contribution in [2.24, 2.45) is 0 Å². The van der Waals surface area contributed by atoms with E-state index in [4.69, 9.17) is 4.74 Å². The molecule has 124 valence electrons. The molecule has 1 N–H and O–H groups in total. The lowest BCUT2D eigenvalue weighted by atomic mass is 10.1. The van der Waals surface area contributed by atoms with Gasteiger partial charge in [-0.2, -0.15) is 0 Å². The average molecular weight is 328 g/mol. The molecule has 0 radical (unpaired) electrons. The Labute approximate surface area is 138 Å². The van der Waals surface area contributed by atoms with E-state index in [1.807, 2.05) is 6.07 Å². The molecule has 0 unspecified atom stereocenters. The average Bonchev–Trinajstić information content (AvgIpc) is 2.56. The van der Waals surface area contributed by atoms with Crippen molar-refractivity contribution in [2.75, 3.05) is 6.54 Å². The summed E-state index contributed by atoms with van der Waals surface area (Å²) >= 11 is 0. The maximum Gasteiger partial charge on any atom is 0.315 e. The second kappa shape index (κ2) is 7.87. The van der Waals surface area contributed by atoms with Crippen LogP contribution >= 0.6 is 0 Å². The number of carbonyl (C=O) groups excluding carboxylic acids is 2. The third-order valence-electron chi connectivity index (χ3n) is 3.17. The molecule has 0 atom stereocenters. The molecule has 7 heteroatoms. The van der Waals surface area contributed by atoms with E-state index in [1.54, 1.807) is 31.2 Å². The number of nitrogens with zero attached hydrogens (tertiary/aromatic N) is 1. The van der Waals surface area contributed by atoms with Crippen molar-refractivity contribution in [2.45, 2.75) is 13.3 Å². The molecule has 0 aliphatic rings. The molecule has 2 aromatic rings. The molecule has 2 aromatic carbocycles. The molecule has 0 bridgehead atoms. The van der Waals surface area contributed by atoms with Gasteiger partial charge >= 0.3 is 11.7 Å². The zero-order chi connectivity index (χ0) is 17.5. The fourth-order valence-corrected chi connectivity index (χ4v) is 2.07. The number of benzene rings is 2. The minimum absolute atomic E-state index is 0.00390. The van der Waals surface area contributed by atoms with Crippen molar-refractivity contribution in [3.05, 3.63) is 69.8 Å². The van der Waals surface area contributed by atoms with Gasteiger partial charge in [-0.3, -0.25) is 19.7 Å². The van der Waals surface area contributed by atoms with Gasteiger partial charge in [0, 0.05) is 18.2 Å². The maximum atomic E-state index is 12.0. The number of ether oxygens (including phenoxy) is 1. The van der Waals surface area contributed by atoms with Gasteiger partial charge in [0.1, 0.15) is 0 Å². The summed E-state index contributed by atoms with van der Waals surface area (Å²) < 4.78 is 5.09. The number of carbonyl (C=O) groups is 2. The van der Waals surface area contributed by atoms with Gasteiger partial charge in [-0.25, -0.2) is 0 Å². The predicted molar refractivity (Wildman–Crippen MR) is 86.9 cm³/mol. The minimum Gasteiger partial charge on any atom is -0.419 e. The molecule has 7 nitrogen and oxygen atoms in total. The SMILES string of the molecule is CCNC(=O)c1ccc(OC(=O)Cc2ccccc2)c([N+](=O)[O-])c1. The molecule has 24 heavy (non-hydrogen) atoms. The van der Waals surface area contributed by atoms with Gasteiger partial charge in [0.2, 0.25) is 5.75 Å². The summed E-state index contributed by atoms with van der Waals surface area (Å²) in [5, 5.41) is 13.7. The Morgan fingerprint density at radius 2 is 1.88 bits per heavy atom. The zero-order valence-corrected chi connectivity index (χ0v) is 13.0. The monoisotopic (exact) mass is 328 g/mol. The summed E-state index contributed by atoms with van der Waals surface area (Å²) in [6.45, 7) is 2.15. The van der Waals surface area contributed by atoms with E-state index >= 15 is 0 Å². The van der Waals surface area contributed by atoms with Crippen LogP contribution in [-0.4, -0.2) is 23.3 Å². The minimum atomic E-state index is -0.687. The Balaban J connectivity index is 2.18. The summed E-state index contributed by atoms with van der Waals surface area (Å²) in [6, 6.07) is 12.6. The number of hydrogen-bond acceptors (Lipinski definition) is 5. The van der Waals surface area contributed by atoms with Crippen LogP contribution in [0.25, 0.3) is 0 Å². The second-order valence-electron chi connectivity index (χ2n) is 4.94. The predicted octanol–water partition coefficient (Wildman–Crippen LogP) is 2.49. The van der Waals surface area contributed by atoms with Crippen LogP contribution in [0.4, 0.5) is 5.69 Å². The fourth-order valence-electron chi connectivity index (χ4n) is 2.07.